The first kappa shape index (κ1) is 13.2. The summed E-state index contributed by atoms with van der Waals surface area (Å²) < 4.78 is 10.6. The van der Waals surface area contributed by atoms with Gasteiger partial charge in [0.25, 0.3) is 0 Å². The lowest BCUT2D eigenvalue weighted by Gasteiger charge is -2.12. The van der Waals surface area contributed by atoms with Gasteiger partial charge in [-0.3, -0.25) is 0 Å². The molecule has 6 nitrogen and oxygen atoms in total. The average molecular weight is 263 g/mol. The Balaban J connectivity index is 2.04. The minimum atomic E-state index is -0.0328. The molecule has 102 valence electrons. The van der Waals surface area contributed by atoms with Gasteiger partial charge in [-0.1, -0.05) is 0 Å². The Bertz CT molecular complexity index is 500. The van der Waals surface area contributed by atoms with Gasteiger partial charge < -0.3 is 24.9 Å². The molecule has 0 spiro atoms. The third-order valence-corrected chi connectivity index (χ3v) is 2.55. The van der Waals surface area contributed by atoms with E-state index in [-0.39, 0.29) is 13.2 Å². The summed E-state index contributed by atoms with van der Waals surface area (Å²) in [6.07, 6.45) is 3.40. The number of hydrogen-bond acceptors (Lipinski definition) is 5. The van der Waals surface area contributed by atoms with Crippen LogP contribution < -0.4 is 14.8 Å². The second-order valence-electron chi connectivity index (χ2n) is 3.87. The van der Waals surface area contributed by atoms with E-state index in [0.29, 0.717) is 18.0 Å². The number of hydrogen-bond donors (Lipinski definition) is 3. The van der Waals surface area contributed by atoms with Crippen molar-refractivity contribution in [2.75, 3.05) is 25.6 Å². The van der Waals surface area contributed by atoms with E-state index in [1.54, 1.807) is 19.6 Å². The molecule has 0 bridgehead atoms. The molecule has 0 radical (unpaired) electrons. The molecule has 0 amide bonds. The summed E-state index contributed by atoms with van der Waals surface area (Å²) in [7, 11) is 1.58. The smallest absolute Gasteiger partial charge is 0.163 e. The van der Waals surface area contributed by atoms with Gasteiger partial charge in [0.2, 0.25) is 0 Å². The van der Waals surface area contributed by atoms with E-state index in [1.807, 2.05) is 18.2 Å². The highest BCUT2D eigenvalue weighted by Gasteiger charge is 2.05. The van der Waals surface area contributed by atoms with E-state index in [1.165, 1.54) is 0 Å². The van der Waals surface area contributed by atoms with Crippen molar-refractivity contribution in [1.82, 2.24) is 9.97 Å². The Morgan fingerprint density at radius 3 is 2.95 bits per heavy atom. The number of aromatic amines is 1. The molecule has 0 saturated carbocycles. The Hall–Kier alpha value is -2.21. The van der Waals surface area contributed by atoms with E-state index >= 15 is 0 Å². The Morgan fingerprint density at radius 2 is 2.26 bits per heavy atom. The number of nitrogens with zero attached hydrogens (tertiary/aromatic N) is 1. The molecule has 3 N–H and O–H groups in total. The van der Waals surface area contributed by atoms with Crippen molar-refractivity contribution in [3.05, 3.63) is 36.4 Å². The first-order chi connectivity index (χ1) is 9.33. The van der Waals surface area contributed by atoms with E-state index < -0.39 is 0 Å². The van der Waals surface area contributed by atoms with Gasteiger partial charge in [0, 0.05) is 18.0 Å². The number of benzene rings is 1. The summed E-state index contributed by atoms with van der Waals surface area (Å²) in [5, 5.41) is 12.0. The van der Waals surface area contributed by atoms with E-state index in [2.05, 4.69) is 15.3 Å². The zero-order chi connectivity index (χ0) is 13.5. The van der Waals surface area contributed by atoms with Gasteiger partial charge in [0.1, 0.15) is 6.61 Å². The summed E-state index contributed by atoms with van der Waals surface area (Å²) in [5.41, 5.74) is 1.90. The molecule has 1 heterocycles. The second kappa shape index (κ2) is 6.65. The van der Waals surface area contributed by atoms with Crippen molar-refractivity contribution in [3.8, 4) is 11.5 Å². The van der Waals surface area contributed by atoms with Crippen LogP contribution in [0.1, 0.15) is 5.69 Å². The Labute approximate surface area is 111 Å². The number of aliphatic hydroxyl groups excluding tert-OH is 1. The van der Waals surface area contributed by atoms with Crippen molar-refractivity contribution in [2.24, 2.45) is 0 Å². The topological polar surface area (TPSA) is 79.4 Å². The number of H-pyrrole nitrogens is 1. The highest BCUT2D eigenvalue weighted by molar-refractivity contribution is 5.54. The maximum absolute atomic E-state index is 8.80. The fourth-order valence-corrected chi connectivity index (χ4v) is 1.63. The standard InChI is InChI=1S/C13H17N3O3/c1-18-12-3-2-10(6-13(12)19-5-4-17)15-8-11-7-14-9-16-11/h2-3,6-7,9,15,17H,4-5,8H2,1H3,(H,14,16). The molecule has 2 rings (SSSR count). The Kier molecular flexibility index (Phi) is 4.63. The number of ether oxygens (including phenoxy) is 2. The van der Waals surface area contributed by atoms with Crippen LogP contribution in [0.3, 0.4) is 0 Å². The minimum Gasteiger partial charge on any atom is -0.493 e. The summed E-state index contributed by atoms with van der Waals surface area (Å²) >= 11 is 0. The minimum absolute atomic E-state index is 0.0328. The van der Waals surface area contributed by atoms with Crippen molar-refractivity contribution in [2.45, 2.75) is 6.54 Å². The molecule has 1 aromatic carbocycles. The van der Waals surface area contributed by atoms with Crippen LogP contribution in [0.25, 0.3) is 0 Å². The number of imidazole rings is 1. The highest BCUT2D eigenvalue weighted by Crippen LogP contribution is 2.30. The van der Waals surface area contributed by atoms with Crippen molar-refractivity contribution >= 4 is 5.69 Å². The van der Waals surface area contributed by atoms with E-state index in [9.17, 15) is 0 Å². The molecule has 6 heteroatoms. The van der Waals surface area contributed by atoms with Crippen LogP contribution >= 0.6 is 0 Å². The summed E-state index contributed by atoms with van der Waals surface area (Å²) in [4.78, 5) is 6.97. The maximum Gasteiger partial charge on any atom is 0.163 e. The van der Waals surface area contributed by atoms with Crippen LogP contribution in [0, 0.1) is 0 Å². The zero-order valence-electron chi connectivity index (χ0n) is 10.7. The molecular weight excluding hydrogens is 246 g/mol. The predicted octanol–water partition coefficient (Wildman–Crippen LogP) is 1.40. The van der Waals surface area contributed by atoms with E-state index in [4.69, 9.17) is 14.6 Å². The number of rotatable bonds is 7. The average Bonchev–Trinajstić information content (AvgIpc) is 2.96. The summed E-state index contributed by atoms with van der Waals surface area (Å²) in [6, 6.07) is 5.56. The lowest BCUT2D eigenvalue weighted by Crippen LogP contribution is -2.04. The SMILES string of the molecule is COc1ccc(NCc2cnc[nH]2)cc1OCCO. The number of aliphatic hydroxyl groups is 1. The maximum atomic E-state index is 8.80. The van der Waals surface area contributed by atoms with Crippen LogP contribution in [-0.2, 0) is 6.54 Å². The highest BCUT2D eigenvalue weighted by atomic mass is 16.5. The molecule has 0 saturated heterocycles. The van der Waals surface area contributed by atoms with Crippen LogP contribution in [-0.4, -0.2) is 35.4 Å². The van der Waals surface area contributed by atoms with Crippen LogP contribution in [0.2, 0.25) is 0 Å². The van der Waals surface area contributed by atoms with Crippen molar-refractivity contribution in [1.29, 1.82) is 0 Å². The molecule has 0 unspecified atom stereocenters. The largest absolute Gasteiger partial charge is 0.493 e. The fourth-order valence-electron chi connectivity index (χ4n) is 1.63. The molecule has 0 fully saturated rings. The van der Waals surface area contributed by atoms with Gasteiger partial charge in [0.15, 0.2) is 11.5 Å². The molecular formula is C13H17N3O3. The van der Waals surface area contributed by atoms with Crippen molar-refractivity contribution in [3.63, 3.8) is 0 Å². The van der Waals surface area contributed by atoms with Gasteiger partial charge in [-0.25, -0.2) is 4.98 Å². The molecule has 0 atom stereocenters. The van der Waals surface area contributed by atoms with E-state index in [0.717, 1.165) is 11.4 Å². The molecule has 19 heavy (non-hydrogen) atoms. The lowest BCUT2D eigenvalue weighted by molar-refractivity contribution is 0.196. The molecule has 0 aliphatic rings. The van der Waals surface area contributed by atoms with Crippen LogP contribution in [0.5, 0.6) is 11.5 Å². The first-order valence-electron chi connectivity index (χ1n) is 5.96. The van der Waals surface area contributed by atoms with Crippen LogP contribution in [0.4, 0.5) is 5.69 Å². The lowest BCUT2D eigenvalue weighted by atomic mass is 10.2. The van der Waals surface area contributed by atoms with Crippen LogP contribution in [0.15, 0.2) is 30.7 Å². The summed E-state index contributed by atoms with van der Waals surface area (Å²) in [5.74, 6) is 1.24. The second-order valence-corrected chi connectivity index (χ2v) is 3.87. The number of nitrogens with one attached hydrogen (secondary N) is 2. The first-order valence-corrected chi connectivity index (χ1v) is 5.96. The van der Waals surface area contributed by atoms with Gasteiger partial charge in [-0.15, -0.1) is 0 Å². The Morgan fingerprint density at radius 1 is 1.37 bits per heavy atom. The monoisotopic (exact) mass is 263 g/mol. The fraction of sp³-hybridized carbons (Fsp3) is 0.308. The van der Waals surface area contributed by atoms with Gasteiger partial charge in [-0.05, 0) is 12.1 Å². The third kappa shape index (κ3) is 3.62. The number of aromatic nitrogens is 2. The normalized spacial score (nSPS) is 10.2. The number of anilines is 1. The van der Waals surface area contributed by atoms with Gasteiger partial charge >= 0.3 is 0 Å². The molecule has 0 aliphatic heterocycles. The number of methoxy groups -OCH3 is 1. The summed E-state index contributed by atoms with van der Waals surface area (Å²) in [6.45, 7) is 0.848. The van der Waals surface area contributed by atoms with Gasteiger partial charge in [0.05, 0.1) is 32.3 Å². The van der Waals surface area contributed by atoms with Gasteiger partial charge in [-0.2, -0.15) is 0 Å². The molecule has 0 aliphatic carbocycles. The predicted molar refractivity (Wildman–Crippen MR) is 71.5 cm³/mol. The molecule has 2 aromatic rings. The third-order valence-electron chi connectivity index (χ3n) is 2.55. The van der Waals surface area contributed by atoms with Crippen molar-refractivity contribution < 1.29 is 14.6 Å². The molecule has 1 aromatic heterocycles. The quantitative estimate of drug-likeness (QED) is 0.703. The zero-order valence-corrected chi connectivity index (χ0v) is 10.7.